The van der Waals surface area contributed by atoms with Crippen LogP contribution in [0.3, 0.4) is 0 Å². The first kappa shape index (κ1) is 20.6. The van der Waals surface area contributed by atoms with Crippen LogP contribution >= 0.6 is 23.2 Å². The Morgan fingerprint density at radius 2 is 1.62 bits per heavy atom. The number of halogens is 2. The fourth-order valence-electron chi connectivity index (χ4n) is 2.40. The van der Waals surface area contributed by atoms with Crippen LogP contribution in [0.2, 0.25) is 10.2 Å². The van der Waals surface area contributed by atoms with Crippen molar-refractivity contribution in [2.24, 2.45) is 0 Å². The summed E-state index contributed by atoms with van der Waals surface area (Å²) < 4.78 is 5.65. The number of hydrogen-bond acceptors (Lipinski definition) is 4. The number of aromatic nitrogens is 1. The lowest BCUT2D eigenvalue weighted by atomic mass is 10.2. The van der Waals surface area contributed by atoms with Crippen LogP contribution in [-0.4, -0.2) is 22.9 Å². The fourth-order valence-corrected chi connectivity index (χ4v) is 2.70. The molecule has 148 valence electrons. The molecule has 3 rings (SSSR count). The molecule has 0 aliphatic rings. The van der Waals surface area contributed by atoms with Crippen LogP contribution in [0, 0.1) is 0 Å². The number of carbonyl (C=O) groups excluding carboxylic acids is 2. The molecule has 0 radical (unpaired) electrons. The Balaban J connectivity index is 1.57. The zero-order valence-corrected chi connectivity index (χ0v) is 16.9. The van der Waals surface area contributed by atoms with E-state index in [1.807, 2.05) is 0 Å². The van der Waals surface area contributed by atoms with Gasteiger partial charge < -0.3 is 15.4 Å². The lowest BCUT2D eigenvalue weighted by Crippen LogP contribution is -2.30. The summed E-state index contributed by atoms with van der Waals surface area (Å²) in [6.07, 6.45) is 0.773. The molecule has 6 nitrogen and oxygen atoms in total. The molecule has 0 aliphatic carbocycles. The largest absolute Gasteiger partial charge is 0.481 e. The van der Waals surface area contributed by atoms with E-state index in [9.17, 15) is 9.59 Å². The first-order valence-corrected chi connectivity index (χ1v) is 9.42. The molecular weight excluding hydrogens is 413 g/mol. The Labute approximate surface area is 177 Å². The molecule has 0 unspecified atom stereocenters. The molecule has 2 N–H and O–H groups in total. The number of carbonyl (C=O) groups is 2. The predicted octanol–water partition coefficient (Wildman–Crippen LogP) is 5.05. The third kappa shape index (κ3) is 5.94. The second-order valence-electron chi connectivity index (χ2n) is 6.10. The van der Waals surface area contributed by atoms with E-state index in [-0.39, 0.29) is 17.0 Å². The average molecular weight is 430 g/mol. The number of hydrogen-bond donors (Lipinski definition) is 2. The summed E-state index contributed by atoms with van der Waals surface area (Å²) in [5.74, 6) is -0.136. The number of benzene rings is 2. The summed E-state index contributed by atoms with van der Waals surface area (Å²) in [5.41, 5.74) is 1.60. The monoisotopic (exact) mass is 429 g/mol. The lowest BCUT2D eigenvalue weighted by Gasteiger charge is -2.15. The van der Waals surface area contributed by atoms with Crippen molar-refractivity contribution in [1.82, 2.24) is 4.98 Å². The van der Waals surface area contributed by atoms with Gasteiger partial charge in [0.25, 0.3) is 11.8 Å². The van der Waals surface area contributed by atoms with Crippen molar-refractivity contribution in [2.45, 2.75) is 13.0 Å². The standard InChI is InChI=1S/C21H17Cl2N3O3/c1-13(20(27)25-16-6-4-15(22)5-7-16)29-18-8-2-14(3-9-18)21(28)26-17-10-11-24-19(23)12-17/h2-13H,1H3,(H,25,27)(H,24,26,28)/t13-/m0/s1. The van der Waals surface area contributed by atoms with Crippen LogP contribution in [0.25, 0.3) is 0 Å². The van der Waals surface area contributed by atoms with E-state index in [0.29, 0.717) is 27.7 Å². The summed E-state index contributed by atoms with van der Waals surface area (Å²) in [4.78, 5) is 28.4. The zero-order chi connectivity index (χ0) is 20.8. The zero-order valence-electron chi connectivity index (χ0n) is 15.4. The molecule has 0 spiro atoms. The van der Waals surface area contributed by atoms with Crippen LogP contribution in [0.4, 0.5) is 11.4 Å². The highest BCUT2D eigenvalue weighted by atomic mass is 35.5. The number of amides is 2. The third-order valence-corrected chi connectivity index (χ3v) is 4.35. The quantitative estimate of drug-likeness (QED) is 0.537. The van der Waals surface area contributed by atoms with Gasteiger partial charge in [0, 0.05) is 28.2 Å². The van der Waals surface area contributed by atoms with E-state index in [1.54, 1.807) is 67.6 Å². The van der Waals surface area contributed by atoms with Crippen molar-refractivity contribution in [3.63, 3.8) is 0 Å². The van der Waals surface area contributed by atoms with Crippen molar-refractivity contribution in [1.29, 1.82) is 0 Å². The van der Waals surface area contributed by atoms with Crippen molar-refractivity contribution in [3.8, 4) is 5.75 Å². The predicted molar refractivity (Wildman–Crippen MR) is 114 cm³/mol. The van der Waals surface area contributed by atoms with Crippen LogP contribution in [0.15, 0.2) is 66.9 Å². The molecule has 0 saturated carbocycles. The molecule has 0 bridgehead atoms. The average Bonchev–Trinajstić information content (AvgIpc) is 2.70. The molecule has 0 fully saturated rings. The van der Waals surface area contributed by atoms with E-state index in [1.165, 1.54) is 6.20 Å². The Morgan fingerprint density at radius 3 is 2.28 bits per heavy atom. The summed E-state index contributed by atoms with van der Waals surface area (Å²) in [7, 11) is 0. The van der Waals surface area contributed by atoms with Crippen molar-refractivity contribution in [2.75, 3.05) is 10.6 Å². The highest BCUT2D eigenvalue weighted by Gasteiger charge is 2.15. The van der Waals surface area contributed by atoms with Crippen molar-refractivity contribution < 1.29 is 14.3 Å². The van der Waals surface area contributed by atoms with E-state index in [2.05, 4.69) is 15.6 Å². The van der Waals surface area contributed by atoms with Gasteiger partial charge in [0.2, 0.25) is 0 Å². The summed E-state index contributed by atoms with van der Waals surface area (Å²) in [6.45, 7) is 1.64. The summed E-state index contributed by atoms with van der Waals surface area (Å²) in [6, 6.07) is 16.4. The number of rotatable bonds is 6. The SMILES string of the molecule is C[C@H](Oc1ccc(C(=O)Nc2ccnc(Cl)c2)cc1)C(=O)Nc1ccc(Cl)cc1. The molecule has 1 atom stereocenters. The molecule has 29 heavy (non-hydrogen) atoms. The van der Waals surface area contributed by atoms with Gasteiger partial charge in [-0.05, 0) is 67.6 Å². The molecule has 8 heteroatoms. The third-order valence-electron chi connectivity index (χ3n) is 3.89. The van der Waals surface area contributed by atoms with Gasteiger partial charge in [-0.3, -0.25) is 9.59 Å². The number of nitrogens with zero attached hydrogens (tertiary/aromatic N) is 1. The summed E-state index contributed by atoms with van der Waals surface area (Å²) in [5, 5.41) is 6.35. The van der Waals surface area contributed by atoms with E-state index in [0.717, 1.165) is 0 Å². The number of ether oxygens (including phenoxy) is 1. The van der Waals surface area contributed by atoms with Crippen LogP contribution < -0.4 is 15.4 Å². The molecule has 2 aromatic carbocycles. The molecule has 1 aromatic heterocycles. The minimum absolute atomic E-state index is 0.289. The maximum absolute atomic E-state index is 12.3. The summed E-state index contributed by atoms with van der Waals surface area (Å²) >= 11 is 11.6. The molecule has 1 heterocycles. The molecule has 3 aromatic rings. The van der Waals surface area contributed by atoms with E-state index < -0.39 is 6.10 Å². The number of pyridine rings is 1. The van der Waals surface area contributed by atoms with Crippen molar-refractivity contribution in [3.05, 3.63) is 82.6 Å². The maximum atomic E-state index is 12.3. The smallest absolute Gasteiger partial charge is 0.265 e. The minimum Gasteiger partial charge on any atom is -0.481 e. The van der Waals surface area contributed by atoms with Crippen LogP contribution in [0.5, 0.6) is 5.75 Å². The van der Waals surface area contributed by atoms with Crippen LogP contribution in [0.1, 0.15) is 17.3 Å². The Bertz CT molecular complexity index is 1010. The highest BCUT2D eigenvalue weighted by Crippen LogP contribution is 2.18. The van der Waals surface area contributed by atoms with Crippen LogP contribution in [-0.2, 0) is 4.79 Å². The lowest BCUT2D eigenvalue weighted by molar-refractivity contribution is -0.122. The number of nitrogens with one attached hydrogen (secondary N) is 2. The normalized spacial score (nSPS) is 11.4. The first-order chi connectivity index (χ1) is 13.9. The Morgan fingerprint density at radius 1 is 0.931 bits per heavy atom. The number of anilines is 2. The van der Waals surface area contributed by atoms with Gasteiger partial charge >= 0.3 is 0 Å². The Hall–Kier alpha value is -3.09. The van der Waals surface area contributed by atoms with E-state index >= 15 is 0 Å². The van der Waals surface area contributed by atoms with Gasteiger partial charge in [-0.15, -0.1) is 0 Å². The van der Waals surface area contributed by atoms with Gasteiger partial charge in [-0.2, -0.15) is 0 Å². The molecule has 0 aliphatic heterocycles. The van der Waals surface area contributed by atoms with E-state index in [4.69, 9.17) is 27.9 Å². The van der Waals surface area contributed by atoms with Gasteiger partial charge in [-0.25, -0.2) is 4.98 Å². The second kappa shape index (κ2) is 9.41. The molecule has 0 saturated heterocycles. The van der Waals surface area contributed by atoms with Gasteiger partial charge in [0.1, 0.15) is 10.9 Å². The van der Waals surface area contributed by atoms with Gasteiger partial charge in [-0.1, -0.05) is 23.2 Å². The molecular formula is C21H17Cl2N3O3. The minimum atomic E-state index is -0.732. The van der Waals surface area contributed by atoms with Gasteiger partial charge in [0.15, 0.2) is 6.10 Å². The first-order valence-electron chi connectivity index (χ1n) is 8.67. The topological polar surface area (TPSA) is 80.3 Å². The second-order valence-corrected chi connectivity index (χ2v) is 6.93. The van der Waals surface area contributed by atoms with Crippen molar-refractivity contribution >= 4 is 46.4 Å². The van der Waals surface area contributed by atoms with Gasteiger partial charge in [0.05, 0.1) is 0 Å². The maximum Gasteiger partial charge on any atom is 0.265 e. The highest BCUT2D eigenvalue weighted by molar-refractivity contribution is 6.30. The fraction of sp³-hybridized carbons (Fsp3) is 0.0952. The Kier molecular flexibility index (Phi) is 6.69. The molecule has 2 amide bonds.